The average molecular weight is 325 g/mol. The van der Waals surface area contributed by atoms with Crippen LogP contribution < -0.4 is 5.32 Å². The predicted molar refractivity (Wildman–Crippen MR) is 94.8 cm³/mol. The molecule has 2 heterocycles. The molecule has 0 radical (unpaired) electrons. The first-order chi connectivity index (χ1) is 11.6. The molecule has 5 nitrogen and oxygen atoms in total. The van der Waals surface area contributed by atoms with E-state index < -0.39 is 0 Å². The molecule has 0 aliphatic carbocycles. The Morgan fingerprint density at radius 2 is 1.75 bits per heavy atom. The van der Waals surface area contributed by atoms with Gasteiger partial charge in [0.15, 0.2) is 0 Å². The van der Waals surface area contributed by atoms with Crippen LogP contribution in [-0.4, -0.2) is 42.1 Å². The molecule has 0 unspecified atom stereocenters. The van der Waals surface area contributed by atoms with Crippen molar-refractivity contribution in [3.63, 3.8) is 0 Å². The maximum atomic E-state index is 12.4. The van der Waals surface area contributed by atoms with Gasteiger partial charge in [0.25, 0.3) is 5.91 Å². The molecule has 0 saturated carbocycles. The second-order valence-corrected chi connectivity index (χ2v) is 6.24. The molecule has 1 aliphatic heterocycles. The van der Waals surface area contributed by atoms with Crippen molar-refractivity contribution < 1.29 is 9.53 Å². The highest BCUT2D eigenvalue weighted by Crippen LogP contribution is 2.20. The maximum absolute atomic E-state index is 12.4. The van der Waals surface area contributed by atoms with E-state index >= 15 is 0 Å². The summed E-state index contributed by atoms with van der Waals surface area (Å²) in [4.78, 5) is 18.4. The van der Waals surface area contributed by atoms with Crippen molar-refractivity contribution in [2.75, 3.05) is 31.6 Å². The van der Waals surface area contributed by atoms with Gasteiger partial charge < -0.3 is 15.0 Å². The van der Waals surface area contributed by atoms with Gasteiger partial charge >= 0.3 is 0 Å². The number of rotatable bonds is 4. The van der Waals surface area contributed by atoms with Crippen molar-refractivity contribution in [3.05, 3.63) is 53.9 Å². The fraction of sp³-hybridized carbons (Fsp3) is 0.368. The van der Waals surface area contributed by atoms with Crippen molar-refractivity contribution in [3.8, 4) is 0 Å². The number of nitrogens with zero attached hydrogens (tertiary/aromatic N) is 2. The van der Waals surface area contributed by atoms with E-state index in [1.54, 1.807) is 17.2 Å². The van der Waals surface area contributed by atoms with Gasteiger partial charge in [0.05, 0.1) is 25.1 Å². The number of pyridine rings is 1. The summed E-state index contributed by atoms with van der Waals surface area (Å²) in [5, 5.41) is 3.31. The van der Waals surface area contributed by atoms with Gasteiger partial charge in [-0.1, -0.05) is 26.0 Å². The maximum Gasteiger partial charge on any atom is 0.272 e. The number of anilines is 2. The highest BCUT2D eigenvalue weighted by molar-refractivity contribution is 5.92. The predicted octanol–water partition coefficient (Wildman–Crippen LogP) is 3.42. The Hall–Kier alpha value is -2.40. The third-order valence-electron chi connectivity index (χ3n) is 4.15. The van der Waals surface area contributed by atoms with Gasteiger partial charge in [-0.3, -0.25) is 4.79 Å². The van der Waals surface area contributed by atoms with Crippen LogP contribution in [0.1, 0.15) is 35.8 Å². The molecule has 0 spiro atoms. The summed E-state index contributed by atoms with van der Waals surface area (Å²) >= 11 is 0. The molecule has 24 heavy (non-hydrogen) atoms. The van der Waals surface area contributed by atoms with E-state index in [9.17, 15) is 4.79 Å². The lowest BCUT2D eigenvalue weighted by atomic mass is 10.0. The van der Waals surface area contributed by atoms with Gasteiger partial charge in [0.2, 0.25) is 0 Å². The SMILES string of the molecule is CC(C)c1ccc(Nc2ccc(C(=O)N3CCOCC3)nc2)cc1. The number of hydrogen-bond acceptors (Lipinski definition) is 4. The van der Waals surface area contributed by atoms with Crippen LogP contribution in [0.15, 0.2) is 42.6 Å². The van der Waals surface area contributed by atoms with Crippen molar-refractivity contribution >= 4 is 17.3 Å². The molecule has 1 fully saturated rings. The molecule has 1 aromatic carbocycles. The smallest absolute Gasteiger partial charge is 0.272 e. The molecular formula is C19H23N3O2. The van der Waals surface area contributed by atoms with Gasteiger partial charge in [-0.05, 0) is 35.7 Å². The van der Waals surface area contributed by atoms with Gasteiger partial charge in [0, 0.05) is 18.8 Å². The van der Waals surface area contributed by atoms with Gasteiger partial charge in [-0.25, -0.2) is 4.98 Å². The van der Waals surface area contributed by atoms with Crippen LogP contribution >= 0.6 is 0 Å². The number of morpholine rings is 1. The van der Waals surface area contributed by atoms with Crippen molar-refractivity contribution in [1.82, 2.24) is 9.88 Å². The minimum atomic E-state index is -0.0360. The first kappa shape index (κ1) is 16.5. The molecule has 1 N–H and O–H groups in total. The zero-order valence-corrected chi connectivity index (χ0v) is 14.2. The molecule has 3 rings (SSSR count). The number of aromatic nitrogens is 1. The first-order valence-corrected chi connectivity index (χ1v) is 8.33. The van der Waals surface area contributed by atoms with Crippen LogP contribution in [0.4, 0.5) is 11.4 Å². The normalized spacial score (nSPS) is 14.7. The Morgan fingerprint density at radius 3 is 2.33 bits per heavy atom. The first-order valence-electron chi connectivity index (χ1n) is 8.33. The molecule has 0 atom stereocenters. The van der Waals surface area contributed by atoms with Gasteiger partial charge in [0.1, 0.15) is 5.69 Å². The molecule has 5 heteroatoms. The molecule has 2 aromatic rings. The van der Waals surface area contributed by atoms with Crippen molar-refractivity contribution in [1.29, 1.82) is 0 Å². The lowest BCUT2D eigenvalue weighted by Crippen LogP contribution is -2.41. The molecule has 1 aromatic heterocycles. The van der Waals surface area contributed by atoms with E-state index in [2.05, 4.69) is 48.4 Å². The average Bonchev–Trinajstić information content (AvgIpc) is 2.63. The number of amides is 1. The molecule has 1 aliphatic rings. The van der Waals surface area contributed by atoms with Gasteiger partial charge in [-0.15, -0.1) is 0 Å². The quantitative estimate of drug-likeness (QED) is 0.936. The Kier molecular flexibility index (Phi) is 5.11. The number of carbonyl (C=O) groups is 1. The van der Waals surface area contributed by atoms with Gasteiger partial charge in [-0.2, -0.15) is 0 Å². The van der Waals surface area contributed by atoms with E-state index in [4.69, 9.17) is 4.74 Å². The van der Waals surface area contributed by atoms with E-state index in [0.29, 0.717) is 37.9 Å². The van der Waals surface area contributed by atoms with E-state index in [1.807, 2.05) is 6.07 Å². The Balaban J connectivity index is 1.64. The molecule has 0 bridgehead atoms. The van der Waals surface area contributed by atoms with Crippen LogP contribution in [0.25, 0.3) is 0 Å². The number of hydrogen-bond donors (Lipinski definition) is 1. The van der Waals surface area contributed by atoms with E-state index in [-0.39, 0.29) is 5.91 Å². The number of nitrogens with one attached hydrogen (secondary N) is 1. The largest absolute Gasteiger partial charge is 0.378 e. The Morgan fingerprint density at radius 1 is 1.08 bits per heavy atom. The fourth-order valence-electron chi connectivity index (χ4n) is 2.64. The summed E-state index contributed by atoms with van der Waals surface area (Å²) in [6.07, 6.45) is 1.70. The molecule has 1 saturated heterocycles. The topological polar surface area (TPSA) is 54.5 Å². The van der Waals surface area contributed by atoms with E-state index in [1.165, 1.54) is 5.56 Å². The zero-order valence-electron chi connectivity index (χ0n) is 14.2. The zero-order chi connectivity index (χ0) is 16.9. The fourth-order valence-corrected chi connectivity index (χ4v) is 2.64. The summed E-state index contributed by atoms with van der Waals surface area (Å²) in [6.45, 7) is 6.80. The monoisotopic (exact) mass is 325 g/mol. The summed E-state index contributed by atoms with van der Waals surface area (Å²) in [5.41, 5.74) is 3.65. The second-order valence-electron chi connectivity index (χ2n) is 6.24. The number of ether oxygens (including phenoxy) is 1. The molecule has 126 valence electrons. The van der Waals surface area contributed by atoms with Crippen molar-refractivity contribution in [2.24, 2.45) is 0 Å². The van der Waals surface area contributed by atoms with Crippen LogP contribution in [0.5, 0.6) is 0 Å². The number of carbonyl (C=O) groups excluding carboxylic acids is 1. The third kappa shape index (κ3) is 3.92. The summed E-state index contributed by atoms with van der Waals surface area (Å²) < 4.78 is 5.27. The minimum absolute atomic E-state index is 0.0360. The summed E-state index contributed by atoms with van der Waals surface area (Å²) in [7, 11) is 0. The standard InChI is InChI=1S/C19H23N3O2/c1-14(2)15-3-5-16(6-4-15)21-17-7-8-18(20-13-17)19(23)22-9-11-24-12-10-22/h3-8,13-14,21H,9-12H2,1-2H3. The Labute approximate surface area is 142 Å². The third-order valence-corrected chi connectivity index (χ3v) is 4.15. The van der Waals surface area contributed by atoms with Crippen LogP contribution in [0.2, 0.25) is 0 Å². The molecular weight excluding hydrogens is 302 g/mol. The Bertz CT molecular complexity index is 675. The summed E-state index contributed by atoms with van der Waals surface area (Å²) in [5.74, 6) is 0.484. The van der Waals surface area contributed by atoms with Crippen molar-refractivity contribution in [2.45, 2.75) is 19.8 Å². The van der Waals surface area contributed by atoms with Crippen LogP contribution in [-0.2, 0) is 4.74 Å². The summed E-state index contributed by atoms with van der Waals surface area (Å²) in [6, 6.07) is 12.0. The lowest BCUT2D eigenvalue weighted by Gasteiger charge is -2.26. The van der Waals surface area contributed by atoms with E-state index in [0.717, 1.165) is 11.4 Å². The minimum Gasteiger partial charge on any atom is -0.378 e. The number of benzene rings is 1. The lowest BCUT2D eigenvalue weighted by molar-refractivity contribution is 0.0299. The highest BCUT2D eigenvalue weighted by Gasteiger charge is 2.19. The molecule has 1 amide bonds. The van der Waals surface area contributed by atoms with Crippen LogP contribution in [0, 0.1) is 0 Å². The second kappa shape index (κ2) is 7.45. The highest BCUT2D eigenvalue weighted by atomic mass is 16.5. The van der Waals surface area contributed by atoms with Crippen LogP contribution in [0.3, 0.4) is 0 Å².